The Kier molecular flexibility index (Phi) is 6.09. The molecule has 1 N–H and O–H groups in total. The van der Waals surface area contributed by atoms with Crippen LogP contribution in [0.1, 0.15) is 35.0 Å². The lowest BCUT2D eigenvalue weighted by Crippen LogP contribution is -2.33. The third-order valence-electron chi connectivity index (χ3n) is 4.61. The van der Waals surface area contributed by atoms with E-state index in [0.717, 1.165) is 18.4 Å². The van der Waals surface area contributed by atoms with Gasteiger partial charge in [-0.25, -0.2) is 4.39 Å². The minimum Gasteiger partial charge on any atom is -0.496 e. The molecule has 0 saturated heterocycles. The monoisotopic (exact) mass is 382 g/mol. The summed E-state index contributed by atoms with van der Waals surface area (Å²) in [7, 11) is 1.57. The summed E-state index contributed by atoms with van der Waals surface area (Å²) in [6.07, 6.45) is 1.47. The van der Waals surface area contributed by atoms with E-state index in [1.165, 1.54) is 12.1 Å². The number of rotatable bonds is 7. The van der Waals surface area contributed by atoms with Gasteiger partial charge < -0.3 is 14.6 Å². The molecule has 3 aromatic rings. The SMILES string of the molecule is COc1ccccc1-c1noc(C)c1C(=O)N[C@H](C)CCc1ccc(F)cc1. The van der Waals surface area contributed by atoms with Crippen molar-refractivity contribution in [3.63, 3.8) is 0 Å². The number of hydrogen-bond acceptors (Lipinski definition) is 4. The average Bonchev–Trinajstić information content (AvgIpc) is 3.09. The van der Waals surface area contributed by atoms with E-state index >= 15 is 0 Å². The van der Waals surface area contributed by atoms with Gasteiger partial charge in [0, 0.05) is 11.6 Å². The van der Waals surface area contributed by atoms with Crippen LogP contribution in [0.25, 0.3) is 11.3 Å². The highest BCUT2D eigenvalue weighted by Crippen LogP contribution is 2.32. The molecule has 5 nitrogen and oxygen atoms in total. The van der Waals surface area contributed by atoms with E-state index in [-0.39, 0.29) is 17.8 Å². The van der Waals surface area contributed by atoms with Crippen molar-refractivity contribution in [2.75, 3.05) is 7.11 Å². The lowest BCUT2D eigenvalue weighted by molar-refractivity contribution is 0.0937. The second kappa shape index (κ2) is 8.69. The molecule has 146 valence electrons. The Bertz CT molecular complexity index is 951. The van der Waals surface area contributed by atoms with Gasteiger partial charge in [-0.2, -0.15) is 0 Å². The zero-order valence-electron chi connectivity index (χ0n) is 16.2. The van der Waals surface area contributed by atoms with E-state index in [2.05, 4.69) is 10.5 Å². The first-order valence-corrected chi connectivity index (χ1v) is 9.14. The van der Waals surface area contributed by atoms with Gasteiger partial charge in [-0.15, -0.1) is 0 Å². The van der Waals surface area contributed by atoms with Crippen LogP contribution in [0.4, 0.5) is 4.39 Å². The van der Waals surface area contributed by atoms with Crippen LogP contribution in [0.5, 0.6) is 5.75 Å². The number of nitrogens with zero attached hydrogens (tertiary/aromatic N) is 1. The number of carbonyl (C=O) groups is 1. The first-order chi connectivity index (χ1) is 13.5. The summed E-state index contributed by atoms with van der Waals surface area (Å²) in [6.45, 7) is 3.65. The number of para-hydroxylation sites is 1. The molecule has 28 heavy (non-hydrogen) atoms. The average molecular weight is 382 g/mol. The molecule has 1 atom stereocenters. The van der Waals surface area contributed by atoms with Crippen LogP contribution in [0, 0.1) is 12.7 Å². The molecular formula is C22H23FN2O3. The van der Waals surface area contributed by atoms with Gasteiger partial charge in [-0.05, 0) is 56.5 Å². The Morgan fingerprint density at radius 3 is 2.64 bits per heavy atom. The van der Waals surface area contributed by atoms with E-state index in [1.54, 1.807) is 26.2 Å². The number of methoxy groups -OCH3 is 1. The predicted octanol–water partition coefficient (Wildman–Crippen LogP) is 4.55. The Labute approximate surface area is 163 Å². The highest BCUT2D eigenvalue weighted by molar-refractivity contribution is 6.01. The van der Waals surface area contributed by atoms with E-state index in [0.29, 0.717) is 28.3 Å². The van der Waals surface area contributed by atoms with Crippen LogP contribution in [0.2, 0.25) is 0 Å². The van der Waals surface area contributed by atoms with Crippen molar-refractivity contribution in [1.82, 2.24) is 10.5 Å². The van der Waals surface area contributed by atoms with Crippen LogP contribution in [-0.4, -0.2) is 24.2 Å². The lowest BCUT2D eigenvalue weighted by atomic mass is 10.0. The largest absolute Gasteiger partial charge is 0.496 e. The number of aromatic nitrogens is 1. The van der Waals surface area contributed by atoms with Crippen LogP contribution in [0.3, 0.4) is 0 Å². The molecule has 0 bridgehead atoms. The van der Waals surface area contributed by atoms with Gasteiger partial charge in [0.15, 0.2) is 0 Å². The second-order valence-electron chi connectivity index (χ2n) is 6.70. The quantitative estimate of drug-likeness (QED) is 0.651. The molecule has 2 aromatic carbocycles. The normalized spacial score (nSPS) is 11.9. The van der Waals surface area contributed by atoms with Gasteiger partial charge in [-0.3, -0.25) is 4.79 Å². The van der Waals surface area contributed by atoms with E-state index in [4.69, 9.17) is 9.26 Å². The third-order valence-corrected chi connectivity index (χ3v) is 4.61. The number of aryl methyl sites for hydroxylation is 2. The summed E-state index contributed by atoms with van der Waals surface area (Å²) in [4.78, 5) is 12.9. The molecule has 3 rings (SSSR count). The number of nitrogens with one attached hydrogen (secondary N) is 1. The molecule has 0 aliphatic rings. The summed E-state index contributed by atoms with van der Waals surface area (Å²) in [6, 6.07) is 13.7. The molecular weight excluding hydrogens is 359 g/mol. The van der Waals surface area contributed by atoms with Crippen molar-refractivity contribution in [3.05, 3.63) is 71.2 Å². The Hall–Kier alpha value is -3.15. The molecule has 1 amide bonds. The highest BCUT2D eigenvalue weighted by Gasteiger charge is 2.24. The predicted molar refractivity (Wildman–Crippen MR) is 105 cm³/mol. The van der Waals surface area contributed by atoms with Gasteiger partial charge in [0.05, 0.1) is 7.11 Å². The molecule has 0 fully saturated rings. The van der Waals surface area contributed by atoms with Crippen molar-refractivity contribution in [2.24, 2.45) is 0 Å². The first-order valence-electron chi connectivity index (χ1n) is 9.14. The third kappa shape index (κ3) is 4.39. The number of amides is 1. The zero-order chi connectivity index (χ0) is 20.1. The van der Waals surface area contributed by atoms with Crippen molar-refractivity contribution in [3.8, 4) is 17.0 Å². The van der Waals surface area contributed by atoms with Gasteiger partial charge >= 0.3 is 0 Å². The zero-order valence-corrected chi connectivity index (χ0v) is 16.2. The molecule has 0 spiro atoms. The summed E-state index contributed by atoms with van der Waals surface area (Å²) < 4.78 is 23.7. The second-order valence-corrected chi connectivity index (χ2v) is 6.70. The Morgan fingerprint density at radius 1 is 1.21 bits per heavy atom. The molecule has 0 aliphatic carbocycles. The fourth-order valence-electron chi connectivity index (χ4n) is 3.07. The van der Waals surface area contributed by atoms with Gasteiger partial charge in [-0.1, -0.05) is 29.4 Å². The number of ether oxygens (including phenoxy) is 1. The number of hydrogen-bond donors (Lipinski definition) is 1. The lowest BCUT2D eigenvalue weighted by Gasteiger charge is -2.14. The van der Waals surface area contributed by atoms with Crippen LogP contribution in [0.15, 0.2) is 53.1 Å². The standard InChI is InChI=1S/C22H23FN2O3/c1-14(8-9-16-10-12-17(23)13-11-16)24-22(26)20-15(2)28-25-21(20)18-6-4-5-7-19(18)27-3/h4-7,10-14H,8-9H2,1-3H3,(H,24,26)/t14-/m1/s1. The maximum atomic E-state index is 13.0. The van der Waals surface area contributed by atoms with Gasteiger partial charge in [0.1, 0.15) is 28.6 Å². The van der Waals surface area contributed by atoms with Crippen molar-refractivity contribution < 1.29 is 18.4 Å². The summed E-state index contributed by atoms with van der Waals surface area (Å²) in [5, 5.41) is 7.07. The fourth-order valence-corrected chi connectivity index (χ4v) is 3.07. The maximum absolute atomic E-state index is 13.0. The smallest absolute Gasteiger partial charge is 0.257 e. The van der Waals surface area contributed by atoms with Crippen molar-refractivity contribution in [1.29, 1.82) is 0 Å². The molecule has 1 heterocycles. The number of carbonyl (C=O) groups excluding carboxylic acids is 1. The molecule has 6 heteroatoms. The molecule has 0 radical (unpaired) electrons. The van der Waals surface area contributed by atoms with E-state index < -0.39 is 0 Å². The summed E-state index contributed by atoms with van der Waals surface area (Å²) in [5.41, 5.74) is 2.58. The van der Waals surface area contributed by atoms with Crippen LogP contribution < -0.4 is 10.1 Å². The number of benzene rings is 2. The highest BCUT2D eigenvalue weighted by atomic mass is 19.1. The molecule has 1 aromatic heterocycles. The van der Waals surface area contributed by atoms with Crippen LogP contribution in [-0.2, 0) is 6.42 Å². The molecule has 0 unspecified atom stereocenters. The maximum Gasteiger partial charge on any atom is 0.257 e. The summed E-state index contributed by atoms with van der Waals surface area (Å²) >= 11 is 0. The molecule has 0 saturated carbocycles. The fraction of sp³-hybridized carbons (Fsp3) is 0.273. The topological polar surface area (TPSA) is 64.4 Å². The first kappa shape index (κ1) is 19.6. The Balaban J connectivity index is 1.72. The van der Waals surface area contributed by atoms with Gasteiger partial charge in [0.25, 0.3) is 5.91 Å². The van der Waals surface area contributed by atoms with Crippen molar-refractivity contribution >= 4 is 5.91 Å². The van der Waals surface area contributed by atoms with E-state index in [1.807, 2.05) is 31.2 Å². The Morgan fingerprint density at radius 2 is 1.93 bits per heavy atom. The minimum absolute atomic E-state index is 0.0719. The summed E-state index contributed by atoms with van der Waals surface area (Å²) in [5.74, 6) is 0.571. The van der Waals surface area contributed by atoms with Gasteiger partial charge in [0.2, 0.25) is 0 Å². The minimum atomic E-state index is -0.253. The van der Waals surface area contributed by atoms with Crippen molar-refractivity contribution in [2.45, 2.75) is 32.7 Å². The van der Waals surface area contributed by atoms with Crippen LogP contribution >= 0.6 is 0 Å². The number of halogens is 1. The molecule has 0 aliphatic heterocycles. The van der Waals surface area contributed by atoms with E-state index in [9.17, 15) is 9.18 Å².